The third-order valence-electron chi connectivity index (χ3n) is 3.85. The Bertz CT molecular complexity index is 474. The Balaban J connectivity index is 2.11. The van der Waals surface area contributed by atoms with Crippen LogP contribution in [0.4, 0.5) is 11.4 Å². The van der Waals surface area contributed by atoms with Crippen molar-refractivity contribution in [2.24, 2.45) is 11.8 Å². The van der Waals surface area contributed by atoms with Crippen molar-refractivity contribution < 1.29 is 4.92 Å². The molecule has 1 unspecified atom stereocenters. The zero-order valence-electron chi connectivity index (χ0n) is 11.3. The minimum absolute atomic E-state index is 0.0208. The van der Waals surface area contributed by atoms with E-state index in [2.05, 4.69) is 24.3 Å². The number of nitrogen functional groups attached to an aromatic ring is 1. The summed E-state index contributed by atoms with van der Waals surface area (Å²) in [5.74, 6) is 6.05. The fraction of sp³-hybridized carbons (Fsp3) is 0.538. The second-order valence-corrected chi connectivity index (χ2v) is 5.25. The van der Waals surface area contributed by atoms with Crippen LogP contribution in [0.25, 0.3) is 0 Å². The van der Waals surface area contributed by atoms with E-state index >= 15 is 0 Å². The molecule has 1 aromatic carbocycles. The maximum Gasteiger partial charge on any atom is 0.293 e. The second kappa shape index (κ2) is 5.54. The molecule has 6 heteroatoms. The van der Waals surface area contributed by atoms with Crippen molar-refractivity contribution in [1.82, 2.24) is 4.90 Å². The lowest BCUT2D eigenvalue weighted by molar-refractivity contribution is -0.384. The molecule has 0 saturated heterocycles. The molecule has 1 atom stereocenters. The summed E-state index contributed by atoms with van der Waals surface area (Å²) in [5.41, 5.74) is 3.64. The van der Waals surface area contributed by atoms with Crippen LogP contribution in [0.2, 0.25) is 0 Å². The Morgan fingerprint density at radius 3 is 2.79 bits per heavy atom. The van der Waals surface area contributed by atoms with Crippen LogP contribution in [0.15, 0.2) is 18.2 Å². The van der Waals surface area contributed by atoms with E-state index < -0.39 is 4.92 Å². The van der Waals surface area contributed by atoms with Crippen LogP contribution in [0.3, 0.4) is 0 Å². The normalized spacial score (nSPS) is 16.4. The highest BCUT2D eigenvalue weighted by molar-refractivity contribution is 5.61. The molecule has 1 aliphatic rings. The van der Waals surface area contributed by atoms with Gasteiger partial charge in [0.15, 0.2) is 0 Å². The largest absolute Gasteiger partial charge is 0.318 e. The molecule has 19 heavy (non-hydrogen) atoms. The first-order valence-corrected chi connectivity index (χ1v) is 6.47. The van der Waals surface area contributed by atoms with Crippen molar-refractivity contribution in [2.75, 3.05) is 12.5 Å². The average molecular weight is 264 g/mol. The Labute approximate surface area is 112 Å². The molecule has 1 aromatic rings. The van der Waals surface area contributed by atoms with Crippen LogP contribution >= 0.6 is 0 Å². The van der Waals surface area contributed by atoms with E-state index in [1.165, 1.54) is 12.8 Å². The summed E-state index contributed by atoms with van der Waals surface area (Å²) >= 11 is 0. The Morgan fingerprint density at radius 1 is 1.58 bits per heavy atom. The molecule has 3 N–H and O–H groups in total. The van der Waals surface area contributed by atoms with Gasteiger partial charge in [0.25, 0.3) is 5.69 Å². The van der Waals surface area contributed by atoms with Gasteiger partial charge in [0.1, 0.15) is 5.69 Å². The highest BCUT2D eigenvalue weighted by atomic mass is 16.6. The monoisotopic (exact) mass is 264 g/mol. The zero-order chi connectivity index (χ0) is 14.0. The molecule has 6 nitrogen and oxygen atoms in total. The van der Waals surface area contributed by atoms with Gasteiger partial charge < -0.3 is 5.43 Å². The van der Waals surface area contributed by atoms with Gasteiger partial charge in [0.2, 0.25) is 0 Å². The average Bonchev–Trinajstić information content (AvgIpc) is 3.21. The van der Waals surface area contributed by atoms with Crippen molar-refractivity contribution in [3.63, 3.8) is 0 Å². The summed E-state index contributed by atoms with van der Waals surface area (Å²) < 4.78 is 0. The van der Waals surface area contributed by atoms with Gasteiger partial charge in [-0.2, -0.15) is 0 Å². The summed E-state index contributed by atoms with van der Waals surface area (Å²) in [6.45, 7) is 2.92. The number of nitro benzene ring substituents is 1. The van der Waals surface area contributed by atoms with E-state index in [1.807, 2.05) is 6.07 Å². The number of nitrogens with two attached hydrogens (primary N) is 1. The number of hydrogen-bond donors (Lipinski definition) is 2. The van der Waals surface area contributed by atoms with Gasteiger partial charge in [0, 0.05) is 18.7 Å². The minimum atomic E-state index is -0.414. The SMILES string of the molecule is CC(C1CC1)N(C)Cc1ccc(NN)c([N+](=O)[O-])c1. The second-order valence-electron chi connectivity index (χ2n) is 5.25. The fourth-order valence-electron chi connectivity index (χ4n) is 2.32. The Morgan fingerprint density at radius 2 is 2.26 bits per heavy atom. The highest BCUT2D eigenvalue weighted by Gasteiger charge is 2.30. The van der Waals surface area contributed by atoms with Crippen molar-refractivity contribution in [1.29, 1.82) is 0 Å². The number of nitrogens with zero attached hydrogens (tertiary/aromatic N) is 2. The summed E-state index contributed by atoms with van der Waals surface area (Å²) in [4.78, 5) is 12.8. The predicted molar refractivity (Wildman–Crippen MR) is 74.6 cm³/mol. The molecule has 104 valence electrons. The first-order chi connectivity index (χ1) is 9.02. The number of anilines is 1. The van der Waals surface area contributed by atoms with E-state index in [-0.39, 0.29) is 5.69 Å². The number of nitrogens with one attached hydrogen (secondary N) is 1. The lowest BCUT2D eigenvalue weighted by atomic mass is 10.1. The quantitative estimate of drug-likeness (QED) is 0.467. The van der Waals surface area contributed by atoms with Gasteiger partial charge >= 0.3 is 0 Å². The van der Waals surface area contributed by atoms with Gasteiger partial charge in [0.05, 0.1) is 4.92 Å². The molecule has 0 aliphatic heterocycles. The molecule has 1 fully saturated rings. The molecule has 1 aliphatic carbocycles. The van der Waals surface area contributed by atoms with Crippen LogP contribution in [0.5, 0.6) is 0 Å². The molecule has 2 rings (SSSR count). The van der Waals surface area contributed by atoms with Crippen molar-refractivity contribution in [2.45, 2.75) is 32.4 Å². The number of nitro groups is 1. The maximum atomic E-state index is 11.0. The fourth-order valence-corrected chi connectivity index (χ4v) is 2.32. The molecular formula is C13H20N4O2. The lowest BCUT2D eigenvalue weighted by Crippen LogP contribution is -2.30. The maximum absolute atomic E-state index is 11.0. The molecule has 0 heterocycles. The van der Waals surface area contributed by atoms with Crippen LogP contribution in [-0.2, 0) is 6.54 Å². The Hall–Kier alpha value is -1.66. The number of hydrazine groups is 1. The smallest absolute Gasteiger partial charge is 0.293 e. The molecule has 0 radical (unpaired) electrons. The van der Waals surface area contributed by atoms with Crippen molar-refractivity contribution in [3.05, 3.63) is 33.9 Å². The molecule has 0 spiro atoms. The summed E-state index contributed by atoms with van der Waals surface area (Å²) in [6, 6.07) is 5.64. The topological polar surface area (TPSA) is 84.4 Å². The van der Waals surface area contributed by atoms with Crippen LogP contribution in [0.1, 0.15) is 25.3 Å². The van der Waals surface area contributed by atoms with E-state index in [0.29, 0.717) is 18.3 Å². The van der Waals surface area contributed by atoms with E-state index in [9.17, 15) is 10.1 Å². The van der Waals surface area contributed by atoms with Crippen molar-refractivity contribution >= 4 is 11.4 Å². The highest BCUT2D eigenvalue weighted by Crippen LogP contribution is 2.35. The molecule has 0 aromatic heterocycles. The Kier molecular flexibility index (Phi) is 4.01. The number of hydrogen-bond acceptors (Lipinski definition) is 5. The van der Waals surface area contributed by atoms with Gasteiger partial charge in [-0.25, -0.2) is 0 Å². The zero-order valence-corrected chi connectivity index (χ0v) is 11.3. The first-order valence-electron chi connectivity index (χ1n) is 6.47. The van der Waals surface area contributed by atoms with Crippen LogP contribution in [0, 0.1) is 16.0 Å². The van der Waals surface area contributed by atoms with Gasteiger partial charge in [-0.1, -0.05) is 6.07 Å². The third-order valence-corrected chi connectivity index (χ3v) is 3.85. The van der Waals surface area contributed by atoms with Crippen LogP contribution in [-0.4, -0.2) is 22.9 Å². The number of benzene rings is 1. The number of rotatable bonds is 6. The molecule has 0 amide bonds. The minimum Gasteiger partial charge on any atom is -0.318 e. The van der Waals surface area contributed by atoms with Gasteiger partial charge in [-0.3, -0.25) is 20.9 Å². The predicted octanol–water partition coefficient (Wildman–Crippen LogP) is 2.11. The van der Waals surface area contributed by atoms with Crippen LogP contribution < -0.4 is 11.3 Å². The first kappa shape index (κ1) is 13.8. The van der Waals surface area contributed by atoms with E-state index in [1.54, 1.807) is 12.1 Å². The van der Waals surface area contributed by atoms with Gasteiger partial charge in [-0.05, 0) is 44.4 Å². The summed E-state index contributed by atoms with van der Waals surface area (Å²) in [6.07, 6.45) is 2.59. The standard InChI is InChI=1S/C13H20N4O2/c1-9(11-4-5-11)16(2)8-10-3-6-12(15-14)13(7-10)17(18)19/h3,6-7,9,11,15H,4-5,8,14H2,1-2H3. The summed E-state index contributed by atoms with van der Waals surface area (Å²) in [5, 5.41) is 11.0. The summed E-state index contributed by atoms with van der Waals surface area (Å²) in [7, 11) is 2.06. The molecule has 0 bridgehead atoms. The third kappa shape index (κ3) is 3.21. The van der Waals surface area contributed by atoms with E-state index in [0.717, 1.165) is 11.5 Å². The van der Waals surface area contributed by atoms with Gasteiger partial charge in [-0.15, -0.1) is 0 Å². The lowest BCUT2D eigenvalue weighted by Gasteiger charge is -2.24. The van der Waals surface area contributed by atoms with E-state index in [4.69, 9.17) is 5.84 Å². The molecule has 1 saturated carbocycles. The molecular weight excluding hydrogens is 244 g/mol. The van der Waals surface area contributed by atoms with Crippen molar-refractivity contribution in [3.8, 4) is 0 Å².